The van der Waals surface area contributed by atoms with Gasteiger partial charge in [-0.05, 0) is 25.1 Å². The molecule has 1 aromatic rings. The van der Waals surface area contributed by atoms with E-state index in [1.165, 1.54) is 12.1 Å². The zero-order valence-corrected chi connectivity index (χ0v) is 10.1. The van der Waals surface area contributed by atoms with Crippen LogP contribution < -0.4 is 5.73 Å². The highest BCUT2D eigenvalue weighted by molar-refractivity contribution is 9.10. The first kappa shape index (κ1) is 13.5. The van der Waals surface area contributed by atoms with E-state index in [1.54, 1.807) is 0 Å². The zero-order chi connectivity index (χ0) is 12.6. The third-order valence-electron chi connectivity index (χ3n) is 2.45. The molecule has 0 fully saturated rings. The van der Waals surface area contributed by atoms with E-state index in [0.29, 0.717) is 4.47 Å². The first-order valence-electron chi connectivity index (χ1n) is 4.45. The van der Waals surface area contributed by atoms with Crippen LogP contribution in [0.1, 0.15) is 12.5 Å². The van der Waals surface area contributed by atoms with Crippen LogP contribution in [-0.4, -0.2) is 17.6 Å². The van der Waals surface area contributed by atoms with Crippen molar-refractivity contribution in [2.24, 2.45) is 5.73 Å². The fraction of sp³-hybridized carbons (Fsp3) is 0.400. The van der Waals surface area contributed by atoms with Crippen LogP contribution in [0.15, 0.2) is 22.7 Å². The molecule has 0 heterocycles. The Kier molecular flexibility index (Phi) is 3.66. The average molecular weight is 298 g/mol. The normalized spacial score (nSPS) is 15.9. The van der Waals surface area contributed by atoms with E-state index >= 15 is 0 Å². The van der Waals surface area contributed by atoms with Crippen LogP contribution in [0.3, 0.4) is 0 Å². The smallest absolute Gasteiger partial charge is 0.292 e. The summed E-state index contributed by atoms with van der Waals surface area (Å²) in [6.45, 7) is -0.458. The van der Waals surface area contributed by atoms with Gasteiger partial charge < -0.3 is 10.8 Å². The minimum atomic E-state index is -3.60. The molecule has 0 radical (unpaired) electrons. The Balaban J connectivity index is 3.31. The number of benzene rings is 1. The molecule has 0 bridgehead atoms. The maximum Gasteiger partial charge on any atom is 0.292 e. The molecule has 1 rings (SSSR count). The quantitative estimate of drug-likeness (QED) is 0.900. The second-order valence-corrected chi connectivity index (χ2v) is 4.60. The Bertz CT molecular complexity index is 396. The third-order valence-corrected chi connectivity index (χ3v) is 2.94. The summed E-state index contributed by atoms with van der Waals surface area (Å²) in [6.07, 6.45) is 0. The topological polar surface area (TPSA) is 46.2 Å². The van der Waals surface area contributed by atoms with Crippen LogP contribution >= 0.6 is 15.9 Å². The summed E-state index contributed by atoms with van der Waals surface area (Å²) in [5, 5.41) is 8.59. The number of hydrogen-bond donors (Lipinski definition) is 2. The molecule has 3 N–H and O–H groups in total. The summed E-state index contributed by atoms with van der Waals surface area (Å²) < 4.78 is 40.6. The van der Waals surface area contributed by atoms with Gasteiger partial charge in [-0.15, -0.1) is 0 Å². The van der Waals surface area contributed by atoms with Gasteiger partial charge in [0.2, 0.25) is 0 Å². The van der Waals surface area contributed by atoms with Gasteiger partial charge in [0.05, 0.1) is 0 Å². The molecule has 16 heavy (non-hydrogen) atoms. The van der Waals surface area contributed by atoms with Gasteiger partial charge in [0.25, 0.3) is 5.92 Å². The van der Waals surface area contributed by atoms with E-state index in [2.05, 4.69) is 15.9 Å². The Morgan fingerprint density at radius 2 is 2.00 bits per heavy atom. The Morgan fingerprint density at radius 3 is 2.50 bits per heavy atom. The highest BCUT2D eigenvalue weighted by Gasteiger charge is 2.49. The molecule has 0 spiro atoms. The van der Waals surface area contributed by atoms with Gasteiger partial charge in [-0.3, -0.25) is 0 Å². The molecule has 0 aromatic heterocycles. The van der Waals surface area contributed by atoms with Crippen molar-refractivity contribution in [1.29, 1.82) is 0 Å². The van der Waals surface area contributed by atoms with Crippen molar-refractivity contribution in [3.05, 3.63) is 34.1 Å². The molecular weight excluding hydrogens is 287 g/mol. The predicted octanol–water partition coefficient (Wildman–Crippen LogP) is 2.39. The van der Waals surface area contributed by atoms with E-state index in [-0.39, 0.29) is 5.56 Å². The van der Waals surface area contributed by atoms with Crippen molar-refractivity contribution in [3.63, 3.8) is 0 Å². The molecule has 0 aliphatic rings. The molecule has 0 aliphatic carbocycles. The highest BCUT2D eigenvalue weighted by Crippen LogP contribution is 2.37. The lowest BCUT2D eigenvalue weighted by Gasteiger charge is -2.33. The van der Waals surface area contributed by atoms with Crippen molar-refractivity contribution in [3.8, 4) is 0 Å². The standard InChI is InChI=1S/C10H11BrF3NO/c1-9(15,10(13,14)5-16)7-4-6(11)2-3-8(7)12/h2-4,16H,5,15H2,1H3. The maximum atomic E-state index is 13.4. The van der Waals surface area contributed by atoms with E-state index in [1.807, 2.05) is 0 Å². The van der Waals surface area contributed by atoms with Crippen LogP contribution in [-0.2, 0) is 5.54 Å². The molecule has 0 amide bonds. The maximum absolute atomic E-state index is 13.4. The molecule has 90 valence electrons. The molecule has 0 aliphatic heterocycles. The molecule has 0 saturated heterocycles. The summed E-state index contributed by atoms with van der Waals surface area (Å²) >= 11 is 3.05. The second kappa shape index (κ2) is 4.35. The SMILES string of the molecule is CC(N)(c1cc(Br)ccc1F)C(F)(F)CO. The molecular formula is C10H11BrF3NO. The van der Waals surface area contributed by atoms with Gasteiger partial charge in [0.1, 0.15) is 18.0 Å². The summed E-state index contributed by atoms with van der Waals surface area (Å²) in [7, 11) is 0. The van der Waals surface area contributed by atoms with Gasteiger partial charge in [0.15, 0.2) is 0 Å². The van der Waals surface area contributed by atoms with E-state index in [9.17, 15) is 13.2 Å². The average Bonchev–Trinajstić information content (AvgIpc) is 2.21. The lowest BCUT2D eigenvalue weighted by Crippen LogP contribution is -2.53. The lowest BCUT2D eigenvalue weighted by molar-refractivity contribution is -0.109. The molecule has 2 nitrogen and oxygen atoms in total. The Hall–Kier alpha value is -0.590. The van der Waals surface area contributed by atoms with Crippen molar-refractivity contribution in [2.45, 2.75) is 18.4 Å². The van der Waals surface area contributed by atoms with Gasteiger partial charge in [-0.1, -0.05) is 15.9 Å². The Labute approximate surface area is 99.4 Å². The first-order valence-corrected chi connectivity index (χ1v) is 5.25. The van der Waals surface area contributed by atoms with Crippen molar-refractivity contribution < 1.29 is 18.3 Å². The van der Waals surface area contributed by atoms with Crippen LogP contribution in [0, 0.1) is 5.82 Å². The minimum absolute atomic E-state index is 0.346. The summed E-state index contributed by atoms with van der Waals surface area (Å²) in [5.74, 6) is -4.43. The first-order chi connectivity index (χ1) is 7.22. The van der Waals surface area contributed by atoms with Gasteiger partial charge >= 0.3 is 0 Å². The van der Waals surface area contributed by atoms with Gasteiger partial charge in [-0.2, -0.15) is 0 Å². The number of rotatable bonds is 3. The summed E-state index contributed by atoms with van der Waals surface area (Å²) in [6, 6.07) is 3.60. The predicted molar refractivity (Wildman–Crippen MR) is 57.7 cm³/mol. The summed E-state index contributed by atoms with van der Waals surface area (Å²) in [5.41, 5.74) is 2.81. The molecule has 1 unspecified atom stereocenters. The fourth-order valence-electron chi connectivity index (χ4n) is 1.26. The second-order valence-electron chi connectivity index (χ2n) is 3.69. The number of aliphatic hydroxyl groups is 1. The summed E-state index contributed by atoms with van der Waals surface area (Å²) in [4.78, 5) is 0. The van der Waals surface area contributed by atoms with Crippen molar-refractivity contribution in [1.82, 2.24) is 0 Å². The highest BCUT2D eigenvalue weighted by atomic mass is 79.9. The van der Waals surface area contributed by atoms with Gasteiger partial charge in [-0.25, -0.2) is 13.2 Å². The number of halogens is 4. The van der Waals surface area contributed by atoms with Crippen LogP contribution in [0.5, 0.6) is 0 Å². The molecule has 0 saturated carbocycles. The monoisotopic (exact) mass is 297 g/mol. The minimum Gasteiger partial charge on any atom is -0.390 e. The van der Waals surface area contributed by atoms with E-state index in [4.69, 9.17) is 10.8 Å². The Morgan fingerprint density at radius 1 is 1.44 bits per heavy atom. The third kappa shape index (κ3) is 2.23. The molecule has 1 atom stereocenters. The lowest BCUT2D eigenvalue weighted by atomic mass is 9.86. The number of hydrogen-bond acceptors (Lipinski definition) is 2. The van der Waals surface area contributed by atoms with Crippen LogP contribution in [0.25, 0.3) is 0 Å². The zero-order valence-electron chi connectivity index (χ0n) is 8.48. The molecule has 6 heteroatoms. The number of nitrogens with two attached hydrogens (primary N) is 1. The number of alkyl halides is 2. The van der Waals surface area contributed by atoms with Gasteiger partial charge in [0, 0.05) is 10.0 Å². The number of aliphatic hydroxyl groups excluding tert-OH is 1. The van der Waals surface area contributed by atoms with Crippen LogP contribution in [0.2, 0.25) is 0 Å². The largest absolute Gasteiger partial charge is 0.390 e. The van der Waals surface area contributed by atoms with Crippen molar-refractivity contribution in [2.75, 3.05) is 6.61 Å². The van der Waals surface area contributed by atoms with Crippen LogP contribution in [0.4, 0.5) is 13.2 Å². The van der Waals surface area contributed by atoms with E-state index in [0.717, 1.165) is 13.0 Å². The van der Waals surface area contributed by atoms with Crippen molar-refractivity contribution >= 4 is 15.9 Å². The fourth-order valence-corrected chi connectivity index (χ4v) is 1.62. The molecule has 1 aromatic carbocycles. The van der Waals surface area contributed by atoms with E-state index < -0.39 is 23.9 Å².